The first-order valence-electron chi connectivity index (χ1n) is 27.4. The van der Waals surface area contributed by atoms with Gasteiger partial charge in [0.15, 0.2) is 6.10 Å². The Morgan fingerprint density at radius 2 is 0.646 bits per heavy atom. The van der Waals surface area contributed by atoms with Crippen LogP contribution in [0.25, 0.3) is 0 Å². The van der Waals surface area contributed by atoms with Gasteiger partial charge in [0.2, 0.25) is 0 Å². The molecule has 374 valence electrons. The zero-order valence-electron chi connectivity index (χ0n) is 42.7. The minimum absolute atomic E-state index is 0.0988. The molecule has 0 saturated heterocycles. The second-order valence-corrected chi connectivity index (χ2v) is 18.1. The highest BCUT2D eigenvalue weighted by molar-refractivity contribution is 5.72. The molecular formula is C59H102O6. The highest BCUT2D eigenvalue weighted by atomic mass is 16.6. The molecule has 0 N–H and O–H groups in total. The quantitative estimate of drug-likeness (QED) is 0.0262. The van der Waals surface area contributed by atoms with Crippen LogP contribution in [0.5, 0.6) is 0 Å². The van der Waals surface area contributed by atoms with Crippen LogP contribution < -0.4 is 0 Å². The zero-order valence-corrected chi connectivity index (χ0v) is 42.7. The van der Waals surface area contributed by atoms with Crippen LogP contribution in [0.1, 0.15) is 265 Å². The summed E-state index contributed by atoms with van der Waals surface area (Å²) in [5.41, 5.74) is 0. The van der Waals surface area contributed by atoms with E-state index in [1.807, 2.05) is 6.08 Å². The molecule has 0 aliphatic heterocycles. The first-order valence-corrected chi connectivity index (χ1v) is 27.4. The molecule has 0 aliphatic carbocycles. The topological polar surface area (TPSA) is 78.9 Å². The van der Waals surface area contributed by atoms with Gasteiger partial charge in [-0.1, -0.05) is 248 Å². The van der Waals surface area contributed by atoms with Crippen LogP contribution in [0.15, 0.2) is 72.9 Å². The number of unbranched alkanes of at least 4 members (excludes halogenated alkanes) is 27. The molecule has 0 rings (SSSR count). The second kappa shape index (κ2) is 53.5. The highest BCUT2D eigenvalue weighted by Gasteiger charge is 2.19. The van der Waals surface area contributed by atoms with E-state index in [9.17, 15) is 14.4 Å². The first kappa shape index (κ1) is 61.9. The molecule has 1 atom stereocenters. The fourth-order valence-corrected chi connectivity index (χ4v) is 7.63. The Balaban J connectivity index is 4.44. The number of allylic oxidation sites excluding steroid dienone is 11. The maximum Gasteiger partial charge on any atom is 0.310 e. The molecular weight excluding hydrogens is 805 g/mol. The Bertz CT molecular complexity index is 1230. The molecule has 0 aliphatic rings. The fraction of sp³-hybridized carbons (Fsp3) is 0.746. The van der Waals surface area contributed by atoms with Crippen molar-refractivity contribution in [2.24, 2.45) is 0 Å². The number of rotatable bonds is 49. The van der Waals surface area contributed by atoms with Crippen LogP contribution in [0.3, 0.4) is 0 Å². The van der Waals surface area contributed by atoms with Crippen molar-refractivity contribution < 1.29 is 28.6 Å². The lowest BCUT2D eigenvalue weighted by Gasteiger charge is -2.18. The van der Waals surface area contributed by atoms with Crippen LogP contribution in [0, 0.1) is 0 Å². The SMILES string of the molecule is CC/C=C\C/C=C\C/C=C\C/C=C\C/C=C\CC(=O)OC(COC(=O)CCCCCCCCCCC/C=C\CCCCCCCC)COC(=O)CCCCCCCCCCCCCCC. The summed E-state index contributed by atoms with van der Waals surface area (Å²) in [4.78, 5) is 38.0. The summed E-state index contributed by atoms with van der Waals surface area (Å²) in [7, 11) is 0. The van der Waals surface area contributed by atoms with Crippen LogP contribution in [0.4, 0.5) is 0 Å². The molecule has 0 aromatic carbocycles. The second-order valence-electron chi connectivity index (χ2n) is 18.1. The molecule has 6 nitrogen and oxygen atoms in total. The summed E-state index contributed by atoms with van der Waals surface area (Å²) in [5, 5.41) is 0. The Labute approximate surface area is 402 Å². The van der Waals surface area contributed by atoms with Gasteiger partial charge in [0.05, 0.1) is 6.42 Å². The molecule has 65 heavy (non-hydrogen) atoms. The summed E-state index contributed by atoms with van der Waals surface area (Å²) in [6, 6.07) is 0. The summed E-state index contributed by atoms with van der Waals surface area (Å²) in [5.74, 6) is -1.04. The minimum Gasteiger partial charge on any atom is -0.462 e. The smallest absolute Gasteiger partial charge is 0.310 e. The molecule has 0 heterocycles. The number of ether oxygens (including phenoxy) is 3. The zero-order chi connectivity index (χ0) is 47.2. The maximum absolute atomic E-state index is 12.8. The molecule has 0 fully saturated rings. The molecule has 1 unspecified atom stereocenters. The van der Waals surface area contributed by atoms with Gasteiger partial charge < -0.3 is 14.2 Å². The highest BCUT2D eigenvalue weighted by Crippen LogP contribution is 2.15. The molecule has 0 radical (unpaired) electrons. The third-order valence-corrected chi connectivity index (χ3v) is 11.7. The number of hydrogen-bond acceptors (Lipinski definition) is 6. The number of carbonyl (C=O) groups excluding carboxylic acids is 3. The van der Waals surface area contributed by atoms with E-state index in [0.717, 1.165) is 70.6 Å². The van der Waals surface area contributed by atoms with Crippen molar-refractivity contribution in [2.45, 2.75) is 271 Å². The van der Waals surface area contributed by atoms with E-state index in [0.29, 0.717) is 12.8 Å². The summed E-state index contributed by atoms with van der Waals surface area (Å²) < 4.78 is 16.7. The Kier molecular flexibility index (Phi) is 50.9. The van der Waals surface area contributed by atoms with Gasteiger partial charge in [-0.2, -0.15) is 0 Å². The lowest BCUT2D eigenvalue weighted by atomic mass is 10.0. The molecule has 0 saturated carbocycles. The monoisotopic (exact) mass is 907 g/mol. The van der Waals surface area contributed by atoms with Crippen molar-refractivity contribution >= 4 is 17.9 Å². The van der Waals surface area contributed by atoms with E-state index >= 15 is 0 Å². The lowest BCUT2D eigenvalue weighted by molar-refractivity contribution is -0.166. The summed E-state index contributed by atoms with van der Waals surface area (Å²) in [6.07, 6.45) is 67.7. The van der Waals surface area contributed by atoms with Crippen molar-refractivity contribution in [3.8, 4) is 0 Å². The van der Waals surface area contributed by atoms with Gasteiger partial charge in [-0.15, -0.1) is 0 Å². The molecule has 0 amide bonds. The van der Waals surface area contributed by atoms with Gasteiger partial charge in [-0.25, -0.2) is 0 Å². The number of carbonyl (C=O) groups is 3. The Morgan fingerprint density at radius 3 is 1.00 bits per heavy atom. The third kappa shape index (κ3) is 51.7. The Hall–Kier alpha value is -3.15. The summed E-state index contributed by atoms with van der Waals surface area (Å²) in [6.45, 7) is 6.45. The van der Waals surface area contributed by atoms with Gasteiger partial charge in [-0.3, -0.25) is 14.4 Å². The third-order valence-electron chi connectivity index (χ3n) is 11.7. The van der Waals surface area contributed by atoms with Gasteiger partial charge in [0, 0.05) is 12.8 Å². The standard InChI is InChI=1S/C59H102O6/c1-4-7-10-13-16-19-22-25-27-28-29-30-32-34-37-40-43-46-49-52-58(61)64-55-56(54-63-57(60)51-48-45-42-39-36-33-24-21-18-15-12-9-6-3)65-59(62)53-50-47-44-41-38-35-31-26-23-20-17-14-11-8-5-2/h8,11,17,20,25-27,31,38,41,47,50,56H,4-7,9-10,12-16,18-19,21-24,28-30,32-37,39-40,42-46,48-49,51-55H2,1-3H3/b11-8-,20-17-,27-25-,31-26-,41-38-,50-47-. The van der Waals surface area contributed by atoms with Crippen molar-refractivity contribution in [1.82, 2.24) is 0 Å². The van der Waals surface area contributed by atoms with Gasteiger partial charge in [-0.05, 0) is 70.6 Å². The van der Waals surface area contributed by atoms with Crippen LogP contribution in [-0.2, 0) is 28.6 Å². The average molecular weight is 907 g/mol. The first-order chi connectivity index (χ1) is 32.0. The van der Waals surface area contributed by atoms with E-state index < -0.39 is 12.1 Å². The lowest BCUT2D eigenvalue weighted by Crippen LogP contribution is -2.30. The number of esters is 3. The van der Waals surface area contributed by atoms with Gasteiger partial charge in [0.25, 0.3) is 0 Å². The van der Waals surface area contributed by atoms with Gasteiger partial charge >= 0.3 is 17.9 Å². The van der Waals surface area contributed by atoms with Gasteiger partial charge in [0.1, 0.15) is 13.2 Å². The van der Waals surface area contributed by atoms with Crippen LogP contribution in [-0.4, -0.2) is 37.2 Å². The van der Waals surface area contributed by atoms with E-state index in [-0.39, 0.29) is 31.6 Å². The molecule has 0 spiro atoms. The average Bonchev–Trinajstić information content (AvgIpc) is 3.30. The Morgan fingerprint density at radius 1 is 0.338 bits per heavy atom. The van der Waals surface area contributed by atoms with Crippen molar-refractivity contribution in [3.05, 3.63) is 72.9 Å². The molecule has 6 heteroatoms. The van der Waals surface area contributed by atoms with E-state index in [1.54, 1.807) is 6.08 Å². The molecule has 0 aromatic heterocycles. The van der Waals surface area contributed by atoms with Crippen LogP contribution >= 0.6 is 0 Å². The van der Waals surface area contributed by atoms with E-state index in [1.165, 1.54) is 154 Å². The minimum atomic E-state index is -0.828. The van der Waals surface area contributed by atoms with Crippen LogP contribution in [0.2, 0.25) is 0 Å². The van der Waals surface area contributed by atoms with Crippen molar-refractivity contribution in [3.63, 3.8) is 0 Å². The maximum atomic E-state index is 12.8. The van der Waals surface area contributed by atoms with E-state index in [2.05, 4.69) is 81.5 Å². The predicted molar refractivity (Wildman–Crippen MR) is 279 cm³/mol. The molecule has 0 aromatic rings. The summed E-state index contributed by atoms with van der Waals surface area (Å²) >= 11 is 0. The van der Waals surface area contributed by atoms with Crippen molar-refractivity contribution in [2.75, 3.05) is 13.2 Å². The predicted octanol–water partition coefficient (Wildman–Crippen LogP) is 18.2. The van der Waals surface area contributed by atoms with E-state index in [4.69, 9.17) is 14.2 Å². The van der Waals surface area contributed by atoms with Crippen molar-refractivity contribution in [1.29, 1.82) is 0 Å². The number of hydrogen-bond donors (Lipinski definition) is 0. The normalized spacial score (nSPS) is 12.6. The fourth-order valence-electron chi connectivity index (χ4n) is 7.63. The largest absolute Gasteiger partial charge is 0.462 e. The molecule has 0 bridgehead atoms.